The molecular weight excluding hydrogens is 548 g/mol. The Hall–Kier alpha value is -3.02. The highest BCUT2D eigenvalue weighted by atomic mass is 16.7. The van der Waals surface area contributed by atoms with E-state index in [9.17, 15) is 45.3 Å². The number of fused-ring (bicyclic) bond motifs is 2. The van der Waals surface area contributed by atoms with Gasteiger partial charge in [-0.3, -0.25) is 9.59 Å². The Balaban J connectivity index is 1.42. The molecule has 14 heteroatoms. The Bertz CT molecular complexity index is 1310. The molecule has 5 rings (SSSR count). The van der Waals surface area contributed by atoms with Crippen molar-refractivity contribution in [3.63, 3.8) is 0 Å². The van der Waals surface area contributed by atoms with Gasteiger partial charge in [0.2, 0.25) is 6.29 Å². The molecule has 0 unspecified atom stereocenters. The highest BCUT2D eigenvalue weighted by molar-refractivity contribution is 6.29. The molecule has 0 bridgehead atoms. The van der Waals surface area contributed by atoms with E-state index in [1.807, 2.05) is 0 Å². The van der Waals surface area contributed by atoms with Crippen molar-refractivity contribution in [2.75, 3.05) is 20.3 Å². The van der Waals surface area contributed by atoms with Crippen LogP contribution in [-0.2, 0) is 20.8 Å². The lowest BCUT2D eigenvalue weighted by atomic mass is 9.82. The quantitative estimate of drug-likeness (QED) is 0.155. The summed E-state index contributed by atoms with van der Waals surface area (Å²) in [5.74, 6) is -1.32. The smallest absolute Gasteiger partial charge is 0.229 e. The standard InChI is InChI=1S/C27H30O14/c1-37-25-13(7-28)15(6-12-17(25)19(31)11-5-3-2-4-10(11)18(12)30)40-27-24(36)22(34)21(33)16(41-27)9-39-26-23(35)20(32)14(29)8-38-26/h2-6,14,16,20-24,26-29,32-36H,7-9H2,1H3/t14-,16-,20+,21-,22+,23-,24-,26-,27+/m1/s1. The van der Waals surface area contributed by atoms with E-state index in [4.69, 9.17) is 23.7 Å². The molecule has 2 aliphatic heterocycles. The molecule has 222 valence electrons. The lowest BCUT2D eigenvalue weighted by Crippen LogP contribution is -2.61. The Morgan fingerprint density at radius 3 is 2.17 bits per heavy atom. The van der Waals surface area contributed by atoms with Crippen molar-refractivity contribution in [1.29, 1.82) is 0 Å². The van der Waals surface area contributed by atoms with E-state index in [0.29, 0.717) is 0 Å². The minimum atomic E-state index is -1.82. The zero-order chi connectivity index (χ0) is 29.6. The van der Waals surface area contributed by atoms with Crippen LogP contribution >= 0.6 is 0 Å². The van der Waals surface area contributed by atoms with Crippen LogP contribution in [0.2, 0.25) is 0 Å². The third-order valence-corrected chi connectivity index (χ3v) is 7.38. The van der Waals surface area contributed by atoms with Crippen molar-refractivity contribution in [3.05, 3.63) is 58.1 Å². The maximum Gasteiger partial charge on any atom is 0.229 e. The molecule has 2 aromatic carbocycles. The van der Waals surface area contributed by atoms with E-state index >= 15 is 0 Å². The maximum atomic E-state index is 13.3. The summed E-state index contributed by atoms with van der Waals surface area (Å²) >= 11 is 0. The number of aliphatic hydroxyl groups is 7. The van der Waals surface area contributed by atoms with E-state index < -0.39 is 80.1 Å². The van der Waals surface area contributed by atoms with Gasteiger partial charge >= 0.3 is 0 Å². The van der Waals surface area contributed by atoms with Crippen LogP contribution in [0.1, 0.15) is 37.4 Å². The first-order valence-electron chi connectivity index (χ1n) is 12.8. The Labute approximate surface area is 232 Å². The molecule has 0 amide bonds. The van der Waals surface area contributed by atoms with Gasteiger partial charge in [-0.15, -0.1) is 0 Å². The lowest BCUT2D eigenvalue weighted by molar-refractivity contribution is -0.307. The summed E-state index contributed by atoms with van der Waals surface area (Å²) in [5.41, 5.74) is 0.137. The van der Waals surface area contributed by atoms with Crippen LogP contribution in [0.3, 0.4) is 0 Å². The van der Waals surface area contributed by atoms with E-state index in [1.54, 1.807) is 12.1 Å². The minimum Gasteiger partial charge on any atom is -0.495 e. The van der Waals surface area contributed by atoms with Crippen LogP contribution in [0, 0.1) is 0 Å². The first-order valence-corrected chi connectivity index (χ1v) is 12.8. The number of hydrogen-bond acceptors (Lipinski definition) is 14. The van der Waals surface area contributed by atoms with Gasteiger partial charge in [-0.2, -0.15) is 0 Å². The van der Waals surface area contributed by atoms with E-state index in [0.717, 1.165) is 0 Å². The summed E-state index contributed by atoms with van der Waals surface area (Å²) in [7, 11) is 1.24. The van der Waals surface area contributed by atoms with Gasteiger partial charge in [-0.25, -0.2) is 0 Å². The van der Waals surface area contributed by atoms with Crippen LogP contribution < -0.4 is 9.47 Å². The minimum absolute atomic E-state index is 0.0396. The topological polar surface area (TPSA) is 222 Å². The van der Waals surface area contributed by atoms with Gasteiger partial charge in [0, 0.05) is 16.7 Å². The van der Waals surface area contributed by atoms with Crippen molar-refractivity contribution >= 4 is 11.6 Å². The summed E-state index contributed by atoms with van der Waals surface area (Å²) < 4.78 is 27.4. The molecule has 7 N–H and O–H groups in total. The van der Waals surface area contributed by atoms with Crippen LogP contribution in [0.25, 0.3) is 0 Å². The molecule has 0 aromatic heterocycles. The summed E-state index contributed by atoms with van der Waals surface area (Å²) in [6.07, 6.45) is -14.3. The predicted octanol–water partition coefficient (Wildman–Crippen LogP) is -2.40. The average molecular weight is 579 g/mol. The van der Waals surface area contributed by atoms with Gasteiger partial charge in [0.25, 0.3) is 0 Å². The Morgan fingerprint density at radius 1 is 0.854 bits per heavy atom. The highest BCUT2D eigenvalue weighted by Crippen LogP contribution is 2.41. The second-order valence-corrected chi connectivity index (χ2v) is 9.89. The van der Waals surface area contributed by atoms with Gasteiger partial charge < -0.3 is 59.4 Å². The number of ether oxygens (including phenoxy) is 5. The molecule has 0 spiro atoms. The maximum absolute atomic E-state index is 13.3. The molecule has 0 radical (unpaired) electrons. The number of benzene rings is 2. The average Bonchev–Trinajstić information content (AvgIpc) is 2.98. The Kier molecular flexibility index (Phi) is 8.41. The number of ketones is 2. The second kappa shape index (κ2) is 11.7. The fourth-order valence-electron chi connectivity index (χ4n) is 5.11. The highest BCUT2D eigenvalue weighted by Gasteiger charge is 2.47. The molecule has 9 atom stereocenters. The van der Waals surface area contributed by atoms with Crippen LogP contribution in [0.5, 0.6) is 11.5 Å². The van der Waals surface area contributed by atoms with E-state index in [-0.39, 0.29) is 45.9 Å². The van der Waals surface area contributed by atoms with Crippen molar-refractivity contribution in [2.45, 2.75) is 61.9 Å². The zero-order valence-corrected chi connectivity index (χ0v) is 21.7. The molecule has 3 aliphatic rings. The first-order chi connectivity index (χ1) is 19.6. The van der Waals surface area contributed by atoms with Gasteiger partial charge in [0.05, 0.1) is 38.1 Å². The lowest BCUT2D eigenvalue weighted by Gasteiger charge is -2.41. The number of hydrogen-bond donors (Lipinski definition) is 7. The zero-order valence-electron chi connectivity index (χ0n) is 21.7. The van der Waals surface area contributed by atoms with Crippen molar-refractivity contribution < 1.29 is 69.0 Å². The van der Waals surface area contributed by atoms with Gasteiger partial charge in [0.15, 0.2) is 17.9 Å². The number of rotatable bonds is 7. The third kappa shape index (κ3) is 5.12. The van der Waals surface area contributed by atoms with E-state index in [1.165, 1.54) is 25.3 Å². The van der Waals surface area contributed by atoms with Crippen molar-refractivity contribution in [2.24, 2.45) is 0 Å². The van der Waals surface area contributed by atoms with E-state index in [2.05, 4.69) is 0 Å². The summed E-state index contributed by atoms with van der Waals surface area (Å²) in [5, 5.41) is 71.3. The van der Waals surface area contributed by atoms with Gasteiger partial charge in [0.1, 0.15) is 54.2 Å². The van der Waals surface area contributed by atoms with Gasteiger partial charge in [-0.1, -0.05) is 24.3 Å². The molecule has 14 nitrogen and oxygen atoms in total. The van der Waals surface area contributed by atoms with Crippen LogP contribution in [0.15, 0.2) is 30.3 Å². The molecular formula is C27H30O14. The van der Waals surface area contributed by atoms with Crippen LogP contribution in [0.4, 0.5) is 0 Å². The summed E-state index contributed by atoms with van der Waals surface area (Å²) in [6, 6.07) is 7.42. The number of carbonyl (C=O) groups excluding carboxylic acids is 2. The molecule has 2 saturated heterocycles. The normalized spacial score (nSPS) is 33.2. The fraction of sp³-hybridized carbons (Fsp3) is 0.481. The number of aliphatic hydroxyl groups excluding tert-OH is 7. The molecule has 41 heavy (non-hydrogen) atoms. The molecule has 2 fully saturated rings. The first kappa shape index (κ1) is 29.5. The second-order valence-electron chi connectivity index (χ2n) is 9.89. The molecule has 2 heterocycles. The summed E-state index contributed by atoms with van der Waals surface area (Å²) in [6.45, 7) is -1.56. The SMILES string of the molecule is COc1c(CO)c(O[C@H]2O[C@H](CO[C@H]3OC[C@@H](O)[C@H](O)[C@H]3O)[C@@H](O)[C@H](O)[C@H]2O)cc2c1C(=O)c1ccccc1C2=O. The number of methoxy groups -OCH3 is 1. The van der Waals surface area contributed by atoms with Crippen molar-refractivity contribution in [1.82, 2.24) is 0 Å². The molecule has 2 aromatic rings. The molecule has 1 aliphatic carbocycles. The number of carbonyl (C=O) groups is 2. The predicted molar refractivity (Wildman–Crippen MR) is 133 cm³/mol. The Morgan fingerprint density at radius 2 is 1.51 bits per heavy atom. The fourth-order valence-corrected chi connectivity index (χ4v) is 5.11. The summed E-state index contributed by atoms with van der Waals surface area (Å²) in [4.78, 5) is 26.6. The van der Waals surface area contributed by atoms with Crippen molar-refractivity contribution in [3.8, 4) is 11.5 Å². The molecule has 0 saturated carbocycles. The van der Waals surface area contributed by atoms with Gasteiger partial charge in [-0.05, 0) is 6.07 Å². The third-order valence-electron chi connectivity index (χ3n) is 7.38. The van der Waals surface area contributed by atoms with Crippen LogP contribution in [-0.4, -0.2) is 123 Å². The monoisotopic (exact) mass is 578 g/mol. The largest absolute Gasteiger partial charge is 0.495 e.